The molecule has 1 aliphatic rings. The second-order valence-corrected chi connectivity index (χ2v) is 7.15. The van der Waals surface area contributed by atoms with Gasteiger partial charge >= 0.3 is 0 Å². The van der Waals surface area contributed by atoms with E-state index in [4.69, 9.17) is 11.6 Å². The van der Waals surface area contributed by atoms with Gasteiger partial charge in [0.1, 0.15) is 4.90 Å². The van der Waals surface area contributed by atoms with E-state index >= 15 is 0 Å². The maximum Gasteiger partial charge on any atom is 0.243 e. The van der Waals surface area contributed by atoms with Gasteiger partial charge in [-0.1, -0.05) is 37.8 Å². The number of aromatic nitrogens is 1. The minimum Gasteiger partial charge on any atom is -0.263 e. The third kappa shape index (κ3) is 3.68. The number of nitrogens with zero attached hydrogens (tertiary/aromatic N) is 1. The average Bonchev–Trinajstić information content (AvgIpc) is 2.38. The van der Waals surface area contributed by atoms with E-state index in [2.05, 4.69) is 16.6 Å². The van der Waals surface area contributed by atoms with E-state index in [0.29, 0.717) is 5.92 Å². The summed E-state index contributed by atoms with van der Waals surface area (Å²) in [5.41, 5.74) is 0. The van der Waals surface area contributed by atoms with E-state index in [-0.39, 0.29) is 16.0 Å². The number of hydrogen-bond donors (Lipinski definition) is 1. The molecule has 106 valence electrons. The molecule has 1 saturated carbocycles. The number of hydrogen-bond acceptors (Lipinski definition) is 3. The smallest absolute Gasteiger partial charge is 0.243 e. The molecule has 6 heteroatoms. The molecule has 1 heterocycles. The van der Waals surface area contributed by atoms with Gasteiger partial charge in [-0.25, -0.2) is 13.1 Å². The molecule has 1 fully saturated rings. The summed E-state index contributed by atoms with van der Waals surface area (Å²) in [7, 11) is -3.57. The number of pyridine rings is 1. The number of sulfonamides is 1. The van der Waals surface area contributed by atoms with Crippen LogP contribution < -0.4 is 4.72 Å². The van der Waals surface area contributed by atoms with Crippen LogP contribution >= 0.6 is 11.6 Å². The summed E-state index contributed by atoms with van der Waals surface area (Å²) in [4.78, 5) is 3.90. The van der Waals surface area contributed by atoms with Crippen LogP contribution in [0.4, 0.5) is 0 Å². The predicted octanol–water partition coefficient (Wildman–Crippen LogP) is 2.98. The molecule has 0 aliphatic heterocycles. The molecule has 0 saturated heterocycles. The summed E-state index contributed by atoms with van der Waals surface area (Å²) in [6.07, 6.45) is 7.96. The van der Waals surface area contributed by atoms with Crippen LogP contribution in [0.25, 0.3) is 0 Å². The Morgan fingerprint density at radius 3 is 2.95 bits per heavy atom. The van der Waals surface area contributed by atoms with Crippen LogP contribution in [0.5, 0.6) is 0 Å². The molecule has 2 rings (SSSR count). The molecule has 0 radical (unpaired) electrons. The fraction of sp³-hybridized carbons (Fsp3) is 0.615. The van der Waals surface area contributed by atoms with Gasteiger partial charge in [0.05, 0.1) is 5.02 Å². The van der Waals surface area contributed by atoms with Crippen LogP contribution in [0, 0.1) is 5.92 Å². The lowest BCUT2D eigenvalue weighted by molar-refractivity contribution is 0.301. The van der Waals surface area contributed by atoms with E-state index in [1.54, 1.807) is 0 Å². The zero-order chi connectivity index (χ0) is 13.9. The molecular formula is C13H19ClN2O2S. The van der Waals surface area contributed by atoms with Crippen LogP contribution in [0.15, 0.2) is 23.4 Å². The van der Waals surface area contributed by atoms with Gasteiger partial charge in [-0.15, -0.1) is 0 Å². The second-order valence-electron chi connectivity index (χ2n) is 5.07. The van der Waals surface area contributed by atoms with Crippen molar-refractivity contribution in [3.8, 4) is 0 Å². The molecule has 19 heavy (non-hydrogen) atoms. The SMILES string of the molecule is CCC1CCCC(NS(=O)(=O)c2cnccc2Cl)C1. The molecule has 0 amide bonds. The van der Waals surface area contributed by atoms with E-state index in [1.165, 1.54) is 24.9 Å². The van der Waals surface area contributed by atoms with Gasteiger partial charge in [0.25, 0.3) is 0 Å². The Hall–Kier alpha value is -0.650. The largest absolute Gasteiger partial charge is 0.263 e. The first-order chi connectivity index (χ1) is 9.03. The molecule has 1 aromatic heterocycles. The van der Waals surface area contributed by atoms with Crippen molar-refractivity contribution in [1.29, 1.82) is 0 Å². The average molecular weight is 303 g/mol. The molecule has 2 atom stereocenters. The van der Waals surface area contributed by atoms with Crippen molar-refractivity contribution in [1.82, 2.24) is 9.71 Å². The highest BCUT2D eigenvalue weighted by Crippen LogP contribution is 2.28. The van der Waals surface area contributed by atoms with E-state index in [1.807, 2.05) is 0 Å². The van der Waals surface area contributed by atoms with Gasteiger partial charge < -0.3 is 0 Å². The summed E-state index contributed by atoms with van der Waals surface area (Å²) in [5, 5.41) is 0.213. The second kappa shape index (κ2) is 6.20. The zero-order valence-electron chi connectivity index (χ0n) is 11.0. The first-order valence-electron chi connectivity index (χ1n) is 6.64. The van der Waals surface area contributed by atoms with Crippen molar-refractivity contribution in [2.24, 2.45) is 5.92 Å². The first-order valence-corrected chi connectivity index (χ1v) is 8.51. The first kappa shape index (κ1) is 14.8. The fourth-order valence-electron chi connectivity index (χ4n) is 2.61. The molecule has 2 unspecified atom stereocenters. The van der Waals surface area contributed by atoms with Gasteiger partial charge in [0.15, 0.2) is 0 Å². The molecule has 1 N–H and O–H groups in total. The molecule has 4 nitrogen and oxygen atoms in total. The third-order valence-corrected chi connectivity index (χ3v) is 5.70. The topological polar surface area (TPSA) is 59.1 Å². The van der Waals surface area contributed by atoms with Crippen molar-refractivity contribution < 1.29 is 8.42 Å². The number of rotatable bonds is 4. The van der Waals surface area contributed by atoms with E-state index < -0.39 is 10.0 Å². The third-order valence-electron chi connectivity index (χ3n) is 3.71. The normalized spacial score (nSPS) is 24.3. The highest BCUT2D eigenvalue weighted by Gasteiger charge is 2.26. The van der Waals surface area contributed by atoms with Gasteiger partial charge in [0, 0.05) is 18.4 Å². The van der Waals surface area contributed by atoms with Crippen LogP contribution in [-0.2, 0) is 10.0 Å². The Balaban J connectivity index is 2.11. The van der Waals surface area contributed by atoms with Crippen molar-refractivity contribution >= 4 is 21.6 Å². The molecule has 1 aliphatic carbocycles. The molecule has 0 bridgehead atoms. The van der Waals surface area contributed by atoms with Gasteiger partial charge in [0.2, 0.25) is 10.0 Å². The van der Waals surface area contributed by atoms with Crippen molar-refractivity contribution in [2.75, 3.05) is 0 Å². The Labute approximate surface area is 119 Å². The Morgan fingerprint density at radius 2 is 2.26 bits per heavy atom. The minimum atomic E-state index is -3.57. The van der Waals surface area contributed by atoms with Gasteiger partial charge in [-0.05, 0) is 24.8 Å². The number of nitrogens with one attached hydrogen (secondary N) is 1. The predicted molar refractivity (Wildman–Crippen MR) is 75.6 cm³/mol. The Kier molecular flexibility index (Phi) is 4.81. The van der Waals surface area contributed by atoms with Crippen molar-refractivity contribution in [3.05, 3.63) is 23.5 Å². The lowest BCUT2D eigenvalue weighted by atomic mass is 9.85. The van der Waals surface area contributed by atoms with Gasteiger partial charge in [-0.3, -0.25) is 4.98 Å². The maximum absolute atomic E-state index is 12.3. The Bertz CT molecular complexity index is 533. The Morgan fingerprint density at radius 1 is 1.47 bits per heavy atom. The fourth-order valence-corrected chi connectivity index (χ4v) is 4.33. The minimum absolute atomic E-state index is 0.0139. The number of halogens is 1. The quantitative estimate of drug-likeness (QED) is 0.930. The summed E-state index contributed by atoms with van der Waals surface area (Å²) >= 11 is 5.92. The van der Waals surface area contributed by atoms with E-state index in [0.717, 1.165) is 25.7 Å². The van der Waals surface area contributed by atoms with Crippen molar-refractivity contribution in [3.63, 3.8) is 0 Å². The van der Waals surface area contributed by atoms with Crippen LogP contribution in [-0.4, -0.2) is 19.4 Å². The highest BCUT2D eigenvalue weighted by molar-refractivity contribution is 7.89. The standard InChI is InChI=1S/C13H19ClN2O2S/c1-2-10-4-3-5-11(8-10)16-19(17,18)13-9-15-7-6-12(13)14/h6-7,9-11,16H,2-5,8H2,1H3. The van der Waals surface area contributed by atoms with Gasteiger partial charge in [-0.2, -0.15) is 0 Å². The highest BCUT2D eigenvalue weighted by atomic mass is 35.5. The van der Waals surface area contributed by atoms with Crippen LogP contribution in [0.3, 0.4) is 0 Å². The molecule has 0 spiro atoms. The molecule has 0 aromatic carbocycles. The molecular weight excluding hydrogens is 284 g/mol. The van der Waals surface area contributed by atoms with E-state index in [9.17, 15) is 8.42 Å². The van der Waals surface area contributed by atoms with Crippen LogP contribution in [0.1, 0.15) is 39.0 Å². The zero-order valence-corrected chi connectivity index (χ0v) is 12.5. The summed E-state index contributed by atoms with van der Waals surface area (Å²) in [5.74, 6) is 0.617. The summed E-state index contributed by atoms with van der Waals surface area (Å²) in [6.45, 7) is 2.15. The monoisotopic (exact) mass is 302 g/mol. The maximum atomic E-state index is 12.3. The summed E-state index contributed by atoms with van der Waals surface area (Å²) < 4.78 is 27.3. The lowest BCUT2D eigenvalue weighted by Crippen LogP contribution is -2.38. The van der Waals surface area contributed by atoms with Crippen molar-refractivity contribution in [2.45, 2.75) is 50.0 Å². The van der Waals surface area contributed by atoms with Crippen LogP contribution in [0.2, 0.25) is 5.02 Å². The summed E-state index contributed by atoms with van der Waals surface area (Å²) in [6, 6.07) is 1.51. The molecule has 1 aromatic rings. The lowest BCUT2D eigenvalue weighted by Gasteiger charge is -2.28.